The van der Waals surface area contributed by atoms with E-state index in [-0.39, 0.29) is 11.7 Å². The van der Waals surface area contributed by atoms with Gasteiger partial charge in [-0.05, 0) is 52.5 Å². The van der Waals surface area contributed by atoms with Crippen molar-refractivity contribution < 1.29 is 9.84 Å². The highest BCUT2D eigenvalue weighted by Gasteiger charge is 2.17. The summed E-state index contributed by atoms with van der Waals surface area (Å²) in [6, 6.07) is 1.91. The van der Waals surface area contributed by atoms with Crippen molar-refractivity contribution in [3.8, 4) is 11.5 Å². The van der Waals surface area contributed by atoms with E-state index in [1.54, 1.807) is 7.11 Å². The number of phenolic OH excluding ortho intramolecular Hbond substituents is 1. The molecule has 0 aromatic heterocycles. The summed E-state index contributed by atoms with van der Waals surface area (Å²) in [6.45, 7) is 4.43. The molecule has 0 fully saturated rings. The molecule has 1 unspecified atom stereocenters. The van der Waals surface area contributed by atoms with Gasteiger partial charge in [-0.15, -0.1) is 0 Å². The van der Waals surface area contributed by atoms with Crippen molar-refractivity contribution >= 4 is 15.9 Å². The highest BCUT2D eigenvalue weighted by Crippen LogP contribution is 2.41. The SMILES string of the molecule is COc1c(C(C)CN)cc(C)c(O)c1Br. The minimum Gasteiger partial charge on any atom is -0.506 e. The predicted octanol–water partition coefficient (Wildman–Crippen LogP) is 2.53. The minimum atomic E-state index is 0.204. The number of rotatable bonds is 3. The number of phenols is 1. The number of halogens is 1. The van der Waals surface area contributed by atoms with Gasteiger partial charge in [0.2, 0.25) is 0 Å². The summed E-state index contributed by atoms with van der Waals surface area (Å²) in [5.41, 5.74) is 7.47. The Hall–Kier alpha value is -0.740. The second kappa shape index (κ2) is 4.86. The van der Waals surface area contributed by atoms with Crippen LogP contribution < -0.4 is 10.5 Å². The van der Waals surface area contributed by atoms with Crippen molar-refractivity contribution in [2.24, 2.45) is 5.73 Å². The van der Waals surface area contributed by atoms with E-state index in [9.17, 15) is 5.11 Å². The molecule has 0 aliphatic carbocycles. The molecule has 0 aliphatic rings. The zero-order valence-corrected chi connectivity index (χ0v) is 10.8. The number of hydrogen-bond donors (Lipinski definition) is 2. The molecule has 0 saturated heterocycles. The maximum Gasteiger partial charge on any atom is 0.140 e. The Morgan fingerprint density at radius 1 is 1.60 bits per heavy atom. The first-order chi connectivity index (χ1) is 7.02. The fraction of sp³-hybridized carbons (Fsp3) is 0.455. The van der Waals surface area contributed by atoms with Gasteiger partial charge in [-0.3, -0.25) is 0 Å². The minimum absolute atomic E-state index is 0.204. The molecule has 0 bridgehead atoms. The molecule has 0 radical (unpaired) electrons. The molecule has 0 amide bonds. The van der Waals surface area contributed by atoms with E-state index in [0.29, 0.717) is 16.8 Å². The number of benzene rings is 1. The van der Waals surface area contributed by atoms with Gasteiger partial charge in [-0.25, -0.2) is 0 Å². The molecule has 1 rings (SSSR count). The van der Waals surface area contributed by atoms with Gasteiger partial charge >= 0.3 is 0 Å². The third-order valence-electron chi connectivity index (χ3n) is 2.50. The van der Waals surface area contributed by atoms with E-state index in [1.165, 1.54) is 0 Å². The molecule has 1 atom stereocenters. The van der Waals surface area contributed by atoms with Gasteiger partial charge in [0, 0.05) is 0 Å². The van der Waals surface area contributed by atoms with Crippen LogP contribution in [0.25, 0.3) is 0 Å². The average molecular weight is 274 g/mol. The first kappa shape index (κ1) is 12.3. The first-order valence-electron chi connectivity index (χ1n) is 4.78. The maximum absolute atomic E-state index is 9.74. The Kier molecular flexibility index (Phi) is 3.99. The van der Waals surface area contributed by atoms with Crippen molar-refractivity contribution in [2.75, 3.05) is 13.7 Å². The molecule has 1 aromatic rings. The molecular formula is C11H16BrNO2. The summed E-state index contributed by atoms with van der Waals surface area (Å²) >= 11 is 3.32. The van der Waals surface area contributed by atoms with Crippen LogP contribution in [-0.4, -0.2) is 18.8 Å². The molecule has 0 spiro atoms. The van der Waals surface area contributed by atoms with Crippen LogP contribution in [0, 0.1) is 6.92 Å². The number of aromatic hydroxyl groups is 1. The summed E-state index contributed by atoms with van der Waals surface area (Å²) in [6.07, 6.45) is 0. The second-order valence-electron chi connectivity index (χ2n) is 3.62. The Balaban J connectivity index is 3.38. The normalized spacial score (nSPS) is 12.6. The Morgan fingerprint density at radius 2 is 2.20 bits per heavy atom. The Labute approximate surface area is 98.4 Å². The van der Waals surface area contributed by atoms with Crippen molar-refractivity contribution in [1.29, 1.82) is 0 Å². The van der Waals surface area contributed by atoms with E-state index >= 15 is 0 Å². The summed E-state index contributed by atoms with van der Waals surface area (Å²) in [7, 11) is 1.58. The van der Waals surface area contributed by atoms with Gasteiger partial charge in [0.15, 0.2) is 0 Å². The molecule has 0 aliphatic heterocycles. The van der Waals surface area contributed by atoms with E-state index in [4.69, 9.17) is 10.5 Å². The lowest BCUT2D eigenvalue weighted by atomic mass is 9.98. The van der Waals surface area contributed by atoms with Crippen LogP contribution in [0.5, 0.6) is 11.5 Å². The Bertz CT molecular complexity index is 366. The van der Waals surface area contributed by atoms with Crippen LogP contribution in [0.3, 0.4) is 0 Å². The average Bonchev–Trinajstić information content (AvgIpc) is 2.24. The number of methoxy groups -OCH3 is 1. The van der Waals surface area contributed by atoms with Crippen molar-refractivity contribution in [1.82, 2.24) is 0 Å². The fourth-order valence-corrected chi connectivity index (χ4v) is 2.18. The van der Waals surface area contributed by atoms with Crippen molar-refractivity contribution in [3.05, 3.63) is 21.7 Å². The monoisotopic (exact) mass is 273 g/mol. The van der Waals surface area contributed by atoms with Crippen LogP contribution >= 0.6 is 15.9 Å². The van der Waals surface area contributed by atoms with E-state index in [2.05, 4.69) is 15.9 Å². The third kappa shape index (κ3) is 2.26. The summed E-state index contributed by atoms with van der Waals surface area (Å²) in [5, 5.41) is 9.74. The molecular weight excluding hydrogens is 258 g/mol. The summed E-state index contributed by atoms with van der Waals surface area (Å²) < 4.78 is 5.87. The van der Waals surface area contributed by atoms with Crippen molar-refractivity contribution in [2.45, 2.75) is 19.8 Å². The quantitative estimate of drug-likeness (QED) is 0.890. The number of hydrogen-bond acceptors (Lipinski definition) is 3. The first-order valence-corrected chi connectivity index (χ1v) is 5.58. The summed E-state index contributed by atoms with van der Waals surface area (Å²) in [5.74, 6) is 1.09. The van der Waals surface area contributed by atoms with Crippen LogP contribution in [0.2, 0.25) is 0 Å². The standard InChI is InChI=1S/C11H16BrNO2/c1-6-4-8(7(2)5-13)11(15-3)9(12)10(6)14/h4,7,14H,5,13H2,1-3H3. The number of aryl methyl sites for hydroxylation is 1. The molecule has 3 N–H and O–H groups in total. The lowest BCUT2D eigenvalue weighted by molar-refractivity contribution is 0.395. The van der Waals surface area contributed by atoms with Crippen LogP contribution in [0.1, 0.15) is 24.0 Å². The van der Waals surface area contributed by atoms with Gasteiger partial charge in [0.25, 0.3) is 0 Å². The van der Waals surface area contributed by atoms with Gasteiger partial charge in [-0.1, -0.05) is 6.92 Å². The van der Waals surface area contributed by atoms with Crippen molar-refractivity contribution in [3.63, 3.8) is 0 Å². The molecule has 4 heteroatoms. The summed E-state index contributed by atoms with van der Waals surface area (Å²) in [4.78, 5) is 0. The van der Waals surface area contributed by atoms with Gasteiger partial charge in [0.05, 0.1) is 7.11 Å². The van der Waals surface area contributed by atoms with E-state index in [0.717, 1.165) is 11.1 Å². The fourth-order valence-electron chi connectivity index (χ4n) is 1.48. The van der Waals surface area contributed by atoms with Gasteiger partial charge in [-0.2, -0.15) is 0 Å². The molecule has 1 aromatic carbocycles. The number of ether oxygens (including phenoxy) is 1. The largest absolute Gasteiger partial charge is 0.506 e. The van der Waals surface area contributed by atoms with E-state index < -0.39 is 0 Å². The van der Waals surface area contributed by atoms with Gasteiger partial charge in [0.1, 0.15) is 16.0 Å². The predicted molar refractivity (Wildman–Crippen MR) is 64.6 cm³/mol. The topological polar surface area (TPSA) is 55.5 Å². The van der Waals surface area contributed by atoms with Crippen LogP contribution in [0.15, 0.2) is 10.5 Å². The molecule has 3 nitrogen and oxygen atoms in total. The molecule has 0 saturated carbocycles. The molecule has 0 heterocycles. The third-order valence-corrected chi connectivity index (χ3v) is 3.24. The zero-order chi connectivity index (χ0) is 11.6. The van der Waals surface area contributed by atoms with E-state index in [1.807, 2.05) is 19.9 Å². The van der Waals surface area contributed by atoms with Crippen LogP contribution in [-0.2, 0) is 0 Å². The lowest BCUT2D eigenvalue weighted by Gasteiger charge is -2.17. The van der Waals surface area contributed by atoms with Gasteiger partial charge < -0.3 is 15.6 Å². The lowest BCUT2D eigenvalue weighted by Crippen LogP contribution is -2.10. The smallest absolute Gasteiger partial charge is 0.140 e. The number of nitrogens with two attached hydrogens (primary N) is 1. The van der Waals surface area contributed by atoms with Crippen LogP contribution in [0.4, 0.5) is 0 Å². The highest BCUT2D eigenvalue weighted by molar-refractivity contribution is 9.10. The highest BCUT2D eigenvalue weighted by atomic mass is 79.9. The molecule has 84 valence electrons. The zero-order valence-electron chi connectivity index (χ0n) is 9.17. The Morgan fingerprint density at radius 3 is 2.67 bits per heavy atom. The molecule has 15 heavy (non-hydrogen) atoms. The maximum atomic E-state index is 9.74. The second-order valence-corrected chi connectivity index (χ2v) is 4.41.